The van der Waals surface area contributed by atoms with Gasteiger partial charge in [0, 0.05) is 23.0 Å². The Kier molecular flexibility index (Phi) is 5.01. The van der Waals surface area contributed by atoms with Crippen LogP contribution in [0.3, 0.4) is 0 Å². The van der Waals surface area contributed by atoms with E-state index in [1.165, 1.54) is 12.0 Å². The topological polar surface area (TPSA) is 21.3 Å². The molecule has 2 atom stereocenters. The van der Waals surface area contributed by atoms with E-state index in [2.05, 4.69) is 52.4 Å². The van der Waals surface area contributed by atoms with Crippen LogP contribution in [-0.2, 0) is 4.74 Å². The fraction of sp³-hybridized carbons (Fsp3) is 0.571. The van der Waals surface area contributed by atoms with Crippen molar-refractivity contribution in [2.75, 3.05) is 19.8 Å². The van der Waals surface area contributed by atoms with Gasteiger partial charge in [0.2, 0.25) is 0 Å². The normalized spacial score (nSPS) is 21.6. The molecule has 1 N–H and O–H groups in total. The molecule has 1 aliphatic heterocycles. The summed E-state index contributed by atoms with van der Waals surface area (Å²) in [4.78, 5) is 0. The summed E-state index contributed by atoms with van der Waals surface area (Å²) in [6, 6.07) is 9.08. The van der Waals surface area contributed by atoms with Crippen LogP contribution in [0.4, 0.5) is 0 Å². The summed E-state index contributed by atoms with van der Waals surface area (Å²) in [6.45, 7) is 5.07. The molecule has 2 rings (SSSR count). The summed E-state index contributed by atoms with van der Waals surface area (Å²) in [7, 11) is 0. The molecule has 3 heteroatoms. The van der Waals surface area contributed by atoms with E-state index in [9.17, 15) is 0 Å². The summed E-state index contributed by atoms with van der Waals surface area (Å²) < 4.78 is 6.65. The first-order valence-electron chi connectivity index (χ1n) is 6.38. The number of hydrogen-bond acceptors (Lipinski definition) is 2. The fourth-order valence-corrected chi connectivity index (χ4v) is 2.61. The minimum Gasteiger partial charge on any atom is -0.381 e. The first-order valence-corrected chi connectivity index (χ1v) is 7.17. The summed E-state index contributed by atoms with van der Waals surface area (Å²) in [5.41, 5.74) is 1.37. The molecule has 0 bridgehead atoms. The minimum absolute atomic E-state index is 0.436. The maximum atomic E-state index is 5.51. The molecule has 2 unspecified atom stereocenters. The molecule has 1 fully saturated rings. The number of ether oxygens (including phenoxy) is 1. The lowest BCUT2D eigenvalue weighted by Crippen LogP contribution is -2.29. The van der Waals surface area contributed by atoms with Gasteiger partial charge >= 0.3 is 0 Å². The molecule has 0 amide bonds. The maximum Gasteiger partial charge on any atom is 0.0513 e. The molecule has 0 spiro atoms. The number of rotatable bonds is 5. The molecule has 94 valence electrons. The molecule has 2 nitrogen and oxygen atoms in total. The van der Waals surface area contributed by atoms with Crippen molar-refractivity contribution in [1.29, 1.82) is 0 Å². The average Bonchev–Trinajstić information content (AvgIpc) is 2.85. The molecule has 1 saturated heterocycles. The van der Waals surface area contributed by atoms with Gasteiger partial charge < -0.3 is 10.1 Å². The smallest absolute Gasteiger partial charge is 0.0513 e. The van der Waals surface area contributed by atoms with Crippen molar-refractivity contribution in [2.45, 2.75) is 25.8 Å². The molecule has 0 aromatic heterocycles. The second kappa shape index (κ2) is 6.53. The van der Waals surface area contributed by atoms with Crippen LogP contribution in [0.5, 0.6) is 0 Å². The number of benzene rings is 1. The van der Waals surface area contributed by atoms with E-state index in [1.54, 1.807) is 0 Å². The van der Waals surface area contributed by atoms with Crippen LogP contribution in [-0.4, -0.2) is 19.8 Å². The highest BCUT2D eigenvalue weighted by molar-refractivity contribution is 9.10. The Morgan fingerprint density at radius 2 is 2.18 bits per heavy atom. The van der Waals surface area contributed by atoms with Crippen molar-refractivity contribution in [1.82, 2.24) is 5.32 Å². The van der Waals surface area contributed by atoms with E-state index in [0.717, 1.165) is 30.7 Å². The van der Waals surface area contributed by atoms with Gasteiger partial charge in [-0.3, -0.25) is 0 Å². The maximum absolute atomic E-state index is 5.51. The van der Waals surface area contributed by atoms with E-state index in [-0.39, 0.29) is 0 Å². The first kappa shape index (κ1) is 13.1. The van der Waals surface area contributed by atoms with Crippen molar-refractivity contribution in [3.05, 3.63) is 34.3 Å². The highest BCUT2D eigenvalue weighted by atomic mass is 79.9. The molecule has 1 heterocycles. The summed E-state index contributed by atoms with van der Waals surface area (Å²) >= 11 is 3.49. The van der Waals surface area contributed by atoms with Gasteiger partial charge in [-0.15, -0.1) is 0 Å². The molecular formula is C14H20BrNO. The van der Waals surface area contributed by atoms with Crippen LogP contribution in [0.1, 0.15) is 31.4 Å². The molecule has 0 aliphatic carbocycles. The van der Waals surface area contributed by atoms with Crippen LogP contribution < -0.4 is 5.32 Å². The predicted octanol–water partition coefficient (Wildman–Crippen LogP) is 3.53. The standard InChI is InChI=1S/C14H20BrNO/c1-2-8-16-14(12-7-9-17-10-12)11-3-5-13(15)6-4-11/h3-6,12,14,16H,2,7-10H2,1H3. The lowest BCUT2D eigenvalue weighted by atomic mass is 9.92. The van der Waals surface area contributed by atoms with Crippen LogP contribution >= 0.6 is 15.9 Å². The zero-order valence-electron chi connectivity index (χ0n) is 10.3. The highest BCUT2D eigenvalue weighted by Gasteiger charge is 2.26. The SMILES string of the molecule is CCCNC(c1ccc(Br)cc1)C1CCOC1. The van der Waals surface area contributed by atoms with Gasteiger partial charge in [0.1, 0.15) is 0 Å². The molecule has 1 aromatic carbocycles. The van der Waals surface area contributed by atoms with Gasteiger partial charge in [-0.05, 0) is 37.1 Å². The van der Waals surface area contributed by atoms with E-state index in [1.807, 2.05) is 0 Å². The van der Waals surface area contributed by atoms with E-state index < -0.39 is 0 Å². The Balaban J connectivity index is 2.10. The van der Waals surface area contributed by atoms with Crippen molar-refractivity contribution in [2.24, 2.45) is 5.92 Å². The van der Waals surface area contributed by atoms with Gasteiger partial charge in [-0.1, -0.05) is 35.0 Å². The van der Waals surface area contributed by atoms with E-state index in [0.29, 0.717) is 12.0 Å². The Labute approximate surface area is 112 Å². The van der Waals surface area contributed by atoms with Gasteiger partial charge in [0.25, 0.3) is 0 Å². The monoisotopic (exact) mass is 297 g/mol. The Morgan fingerprint density at radius 3 is 2.76 bits per heavy atom. The molecule has 17 heavy (non-hydrogen) atoms. The third-order valence-corrected chi connectivity index (χ3v) is 3.81. The largest absolute Gasteiger partial charge is 0.381 e. The molecule has 0 saturated carbocycles. The first-order chi connectivity index (χ1) is 8.31. The summed E-state index contributed by atoms with van der Waals surface area (Å²) in [5.74, 6) is 0.614. The van der Waals surface area contributed by atoms with Gasteiger partial charge in [-0.25, -0.2) is 0 Å². The van der Waals surface area contributed by atoms with Crippen molar-refractivity contribution in [3.63, 3.8) is 0 Å². The third-order valence-electron chi connectivity index (χ3n) is 3.28. The van der Waals surface area contributed by atoms with E-state index >= 15 is 0 Å². The molecule has 1 aliphatic rings. The van der Waals surface area contributed by atoms with E-state index in [4.69, 9.17) is 4.74 Å². The lowest BCUT2D eigenvalue weighted by molar-refractivity contribution is 0.176. The van der Waals surface area contributed by atoms with Crippen molar-refractivity contribution < 1.29 is 4.74 Å². The van der Waals surface area contributed by atoms with Crippen molar-refractivity contribution in [3.8, 4) is 0 Å². The second-order valence-electron chi connectivity index (χ2n) is 4.61. The zero-order valence-corrected chi connectivity index (χ0v) is 11.9. The Bertz CT molecular complexity index is 333. The second-order valence-corrected chi connectivity index (χ2v) is 5.52. The Hall–Kier alpha value is -0.380. The van der Waals surface area contributed by atoms with Crippen molar-refractivity contribution >= 4 is 15.9 Å². The van der Waals surface area contributed by atoms with Gasteiger partial charge in [0.15, 0.2) is 0 Å². The number of nitrogens with one attached hydrogen (secondary N) is 1. The predicted molar refractivity (Wildman–Crippen MR) is 74.1 cm³/mol. The van der Waals surface area contributed by atoms with Crippen LogP contribution in [0.25, 0.3) is 0 Å². The third kappa shape index (κ3) is 3.54. The Morgan fingerprint density at radius 1 is 1.41 bits per heavy atom. The minimum atomic E-state index is 0.436. The van der Waals surface area contributed by atoms with Crippen LogP contribution in [0, 0.1) is 5.92 Å². The number of hydrogen-bond donors (Lipinski definition) is 1. The fourth-order valence-electron chi connectivity index (χ4n) is 2.34. The average molecular weight is 298 g/mol. The lowest BCUT2D eigenvalue weighted by Gasteiger charge is -2.24. The van der Waals surface area contributed by atoms with Gasteiger partial charge in [0.05, 0.1) is 6.61 Å². The highest BCUT2D eigenvalue weighted by Crippen LogP contribution is 2.29. The van der Waals surface area contributed by atoms with Crippen LogP contribution in [0.15, 0.2) is 28.7 Å². The summed E-state index contributed by atoms with van der Waals surface area (Å²) in [5, 5.41) is 3.65. The summed E-state index contributed by atoms with van der Waals surface area (Å²) in [6.07, 6.45) is 2.33. The van der Waals surface area contributed by atoms with Crippen LogP contribution in [0.2, 0.25) is 0 Å². The molecule has 1 aromatic rings. The molecular weight excluding hydrogens is 278 g/mol. The molecule has 0 radical (unpaired) electrons. The zero-order chi connectivity index (χ0) is 12.1. The number of halogens is 1. The van der Waals surface area contributed by atoms with Gasteiger partial charge in [-0.2, -0.15) is 0 Å². The quantitative estimate of drug-likeness (QED) is 0.898.